The number of hydrogen-bond acceptors (Lipinski definition) is 8. The first-order valence-electron chi connectivity index (χ1n) is 12.8. The highest BCUT2D eigenvalue weighted by Crippen LogP contribution is 2.32. The van der Waals surface area contributed by atoms with Gasteiger partial charge in [-0.2, -0.15) is 10.4 Å². The Morgan fingerprint density at radius 3 is 2.61 bits per heavy atom. The molecular weight excluding hydrogens is 478 g/mol. The normalized spacial score (nSPS) is 16.3. The summed E-state index contributed by atoms with van der Waals surface area (Å²) in [6, 6.07) is 12.6. The lowest BCUT2D eigenvalue weighted by molar-refractivity contribution is 0.161. The van der Waals surface area contributed by atoms with Crippen LogP contribution in [0.5, 0.6) is 5.88 Å². The van der Waals surface area contributed by atoms with E-state index < -0.39 is 0 Å². The lowest BCUT2D eigenvalue weighted by Crippen LogP contribution is -2.46. The van der Waals surface area contributed by atoms with E-state index in [4.69, 9.17) is 14.5 Å². The molecule has 4 aromatic heterocycles. The SMILES string of the molecule is COc1ccc(CN2CCN(c3ccc(-c4cc(C5=CCOCC5)cn5ncc(C#N)c45)cn3)CC2)cn1. The van der Waals surface area contributed by atoms with Crippen molar-refractivity contribution < 1.29 is 9.47 Å². The van der Waals surface area contributed by atoms with Crippen LogP contribution in [0.15, 0.2) is 61.2 Å². The van der Waals surface area contributed by atoms with Crippen molar-refractivity contribution in [1.82, 2.24) is 24.5 Å². The van der Waals surface area contributed by atoms with Gasteiger partial charge in [-0.3, -0.25) is 4.90 Å². The number of hydrogen-bond donors (Lipinski definition) is 0. The quantitative estimate of drug-likeness (QED) is 0.389. The van der Waals surface area contributed by atoms with Crippen LogP contribution < -0.4 is 9.64 Å². The van der Waals surface area contributed by atoms with Crippen molar-refractivity contribution in [2.45, 2.75) is 13.0 Å². The summed E-state index contributed by atoms with van der Waals surface area (Å²) in [5.41, 5.74) is 6.80. The van der Waals surface area contributed by atoms with Crippen molar-refractivity contribution in [1.29, 1.82) is 5.26 Å². The predicted octanol–water partition coefficient (Wildman–Crippen LogP) is 3.80. The van der Waals surface area contributed by atoms with Gasteiger partial charge in [0.05, 0.1) is 37.6 Å². The van der Waals surface area contributed by atoms with Gasteiger partial charge in [0.1, 0.15) is 11.9 Å². The molecule has 0 unspecified atom stereocenters. The molecule has 1 saturated heterocycles. The van der Waals surface area contributed by atoms with Crippen molar-refractivity contribution in [2.24, 2.45) is 0 Å². The minimum Gasteiger partial charge on any atom is -0.481 e. The van der Waals surface area contributed by atoms with Gasteiger partial charge in [0.15, 0.2) is 0 Å². The highest BCUT2D eigenvalue weighted by atomic mass is 16.5. The first kappa shape index (κ1) is 24.1. The number of methoxy groups -OCH3 is 1. The Bertz CT molecular complexity index is 1500. The van der Waals surface area contributed by atoms with Crippen molar-refractivity contribution in [2.75, 3.05) is 51.4 Å². The molecule has 2 aliphatic rings. The highest BCUT2D eigenvalue weighted by Gasteiger charge is 2.20. The molecule has 6 rings (SSSR count). The minimum absolute atomic E-state index is 0.555. The second kappa shape index (κ2) is 10.6. The smallest absolute Gasteiger partial charge is 0.212 e. The average Bonchev–Trinajstić information content (AvgIpc) is 3.41. The van der Waals surface area contributed by atoms with Gasteiger partial charge in [0, 0.05) is 68.5 Å². The van der Waals surface area contributed by atoms with Crippen molar-refractivity contribution in [3.8, 4) is 23.1 Å². The number of anilines is 1. The molecule has 0 saturated carbocycles. The molecule has 2 aliphatic heterocycles. The van der Waals surface area contributed by atoms with E-state index >= 15 is 0 Å². The van der Waals surface area contributed by atoms with Gasteiger partial charge in [0.2, 0.25) is 5.88 Å². The zero-order valence-corrected chi connectivity index (χ0v) is 21.4. The summed E-state index contributed by atoms with van der Waals surface area (Å²) in [7, 11) is 1.63. The number of ether oxygens (including phenoxy) is 2. The topological polar surface area (TPSA) is 91.8 Å². The van der Waals surface area contributed by atoms with Crippen LogP contribution in [-0.2, 0) is 11.3 Å². The number of nitrogens with zero attached hydrogens (tertiary/aromatic N) is 7. The lowest BCUT2D eigenvalue weighted by atomic mass is 9.98. The molecule has 6 heterocycles. The Labute approximate surface area is 221 Å². The van der Waals surface area contributed by atoms with Crippen LogP contribution in [0.3, 0.4) is 0 Å². The first-order chi connectivity index (χ1) is 18.7. The largest absolute Gasteiger partial charge is 0.481 e. The second-order valence-electron chi connectivity index (χ2n) is 9.54. The van der Waals surface area contributed by atoms with E-state index in [1.54, 1.807) is 13.3 Å². The van der Waals surface area contributed by atoms with Gasteiger partial charge in [-0.25, -0.2) is 14.5 Å². The fraction of sp³-hybridized carbons (Fsp3) is 0.310. The monoisotopic (exact) mass is 507 g/mol. The maximum Gasteiger partial charge on any atom is 0.212 e. The van der Waals surface area contributed by atoms with Gasteiger partial charge in [-0.1, -0.05) is 12.1 Å². The Kier molecular flexibility index (Phi) is 6.73. The Hall–Kier alpha value is -4.26. The fourth-order valence-corrected chi connectivity index (χ4v) is 5.14. The average molecular weight is 508 g/mol. The third-order valence-electron chi connectivity index (χ3n) is 7.23. The maximum atomic E-state index is 9.70. The summed E-state index contributed by atoms with van der Waals surface area (Å²) in [4.78, 5) is 13.9. The molecule has 38 heavy (non-hydrogen) atoms. The zero-order chi connectivity index (χ0) is 25.9. The van der Waals surface area contributed by atoms with Crippen LogP contribution in [0.2, 0.25) is 0 Å². The van der Waals surface area contributed by atoms with Crippen LogP contribution in [0.1, 0.15) is 23.1 Å². The van der Waals surface area contributed by atoms with Crippen LogP contribution >= 0.6 is 0 Å². The maximum absolute atomic E-state index is 9.70. The van der Waals surface area contributed by atoms with Gasteiger partial charge in [-0.05, 0) is 41.3 Å². The summed E-state index contributed by atoms with van der Waals surface area (Å²) < 4.78 is 12.5. The standard InChI is InChI=1S/C29H29N7O2/c1-37-28-5-2-21(16-32-28)19-34-8-10-35(11-9-34)27-4-3-23(17-31-27)26-14-24(22-6-12-38-13-7-22)20-36-29(26)25(15-30)18-33-36/h2-6,14,16-18,20H,7-13,19H2,1H3. The molecule has 1 fully saturated rings. The molecule has 192 valence electrons. The zero-order valence-electron chi connectivity index (χ0n) is 21.4. The molecule has 4 aromatic rings. The second-order valence-corrected chi connectivity index (χ2v) is 9.54. The van der Waals surface area contributed by atoms with Gasteiger partial charge in [-0.15, -0.1) is 0 Å². The molecule has 0 atom stereocenters. The molecule has 0 aliphatic carbocycles. The molecule has 0 N–H and O–H groups in total. The number of rotatable bonds is 6. The predicted molar refractivity (Wildman–Crippen MR) is 145 cm³/mol. The molecule has 0 radical (unpaired) electrons. The fourth-order valence-electron chi connectivity index (χ4n) is 5.14. The van der Waals surface area contributed by atoms with E-state index in [0.717, 1.165) is 67.2 Å². The number of pyridine rings is 3. The van der Waals surface area contributed by atoms with E-state index in [1.165, 1.54) is 11.1 Å². The Balaban J connectivity index is 1.20. The number of aromatic nitrogens is 4. The summed E-state index contributed by atoms with van der Waals surface area (Å²) >= 11 is 0. The van der Waals surface area contributed by atoms with Crippen LogP contribution in [0.4, 0.5) is 5.82 Å². The van der Waals surface area contributed by atoms with E-state index in [9.17, 15) is 5.26 Å². The van der Waals surface area contributed by atoms with Crippen LogP contribution in [0.25, 0.3) is 22.2 Å². The van der Waals surface area contributed by atoms with E-state index in [1.807, 2.05) is 29.2 Å². The summed E-state index contributed by atoms with van der Waals surface area (Å²) in [6.45, 7) is 5.93. The van der Waals surface area contributed by atoms with E-state index in [2.05, 4.69) is 56.3 Å². The molecule has 0 aromatic carbocycles. The first-order valence-corrected chi connectivity index (χ1v) is 12.8. The molecule has 9 heteroatoms. The van der Waals surface area contributed by atoms with Gasteiger partial charge in [0.25, 0.3) is 0 Å². The van der Waals surface area contributed by atoms with Gasteiger partial charge >= 0.3 is 0 Å². The van der Waals surface area contributed by atoms with E-state index in [-0.39, 0.29) is 0 Å². The van der Waals surface area contributed by atoms with Crippen molar-refractivity contribution in [3.63, 3.8) is 0 Å². The number of piperazine rings is 1. The van der Waals surface area contributed by atoms with Crippen molar-refractivity contribution in [3.05, 3.63) is 77.9 Å². The molecule has 9 nitrogen and oxygen atoms in total. The van der Waals surface area contributed by atoms with E-state index in [0.29, 0.717) is 24.7 Å². The third kappa shape index (κ3) is 4.84. The third-order valence-corrected chi connectivity index (χ3v) is 7.23. The van der Waals surface area contributed by atoms with Crippen molar-refractivity contribution >= 4 is 16.9 Å². The number of nitriles is 1. The summed E-state index contributed by atoms with van der Waals surface area (Å²) in [5.74, 6) is 1.60. The van der Waals surface area contributed by atoms with Crippen LogP contribution in [-0.4, -0.2) is 71.0 Å². The molecular formula is C29H29N7O2. The highest BCUT2D eigenvalue weighted by molar-refractivity contribution is 5.87. The molecule has 0 amide bonds. The summed E-state index contributed by atoms with van der Waals surface area (Å²) in [6.07, 6.45) is 10.4. The molecule has 0 spiro atoms. The Morgan fingerprint density at radius 2 is 1.92 bits per heavy atom. The summed E-state index contributed by atoms with van der Waals surface area (Å²) in [5, 5.41) is 14.2. The minimum atomic E-state index is 0.555. The lowest BCUT2D eigenvalue weighted by Gasteiger charge is -2.35. The number of fused-ring (bicyclic) bond motifs is 1. The van der Waals surface area contributed by atoms with Gasteiger partial charge < -0.3 is 14.4 Å². The Morgan fingerprint density at radius 1 is 1.03 bits per heavy atom. The molecule has 0 bridgehead atoms. The van der Waals surface area contributed by atoms with Crippen LogP contribution in [0, 0.1) is 11.3 Å².